The van der Waals surface area contributed by atoms with Crippen molar-refractivity contribution >= 4 is 11.6 Å². The third-order valence-electron chi connectivity index (χ3n) is 1.63. The summed E-state index contributed by atoms with van der Waals surface area (Å²) in [6.07, 6.45) is 5.45. The van der Waals surface area contributed by atoms with E-state index in [0.29, 0.717) is 11.3 Å². The molecule has 0 amide bonds. The van der Waals surface area contributed by atoms with Crippen LogP contribution >= 0.6 is 11.6 Å². The second-order valence-corrected chi connectivity index (χ2v) is 3.04. The van der Waals surface area contributed by atoms with Gasteiger partial charge in [0.05, 0.1) is 0 Å². The van der Waals surface area contributed by atoms with Crippen molar-refractivity contribution in [1.29, 1.82) is 0 Å². The summed E-state index contributed by atoms with van der Waals surface area (Å²) in [5.74, 6) is 2.49. The molecule has 0 aliphatic heterocycles. The molecule has 0 aliphatic rings. The van der Waals surface area contributed by atoms with Crippen LogP contribution in [0.25, 0.3) is 0 Å². The number of aliphatic hydroxyl groups is 1. The molecule has 0 aromatic carbocycles. The van der Waals surface area contributed by atoms with Crippen LogP contribution in [0.2, 0.25) is 5.15 Å². The van der Waals surface area contributed by atoms with Crippen LogP contribution in [0, 0.1) is 12.3 Å². The summed E-state index contributed by atoms with van der Waals surface area (Å²) >= 11 is 5.75. The molecule has 0 fully saturated rings. The zero-order valence-electron chi connectivity index (χ0n) is 8.11. The first-order valence-electron chi connectivity index (χ1n) is 4.10. The number of hydrogen-bond donors (Lipinski definition) is 1. The second kappa shape index (κ2) is 5.56. The van der Waals surface area contributed by atoms with E-state index in [1.807, 2.05) is 0 Å². The second-order valence-electron chi connectivity index (χ2n) is 2.68. The molecule has 1 unspecified atom stereocenters. The molecule has 80 valence electrons. The van der Waals surface area contributed by atoms with Crippen molar-refractivity contribution in [1.82, 2.24) is 4.98 Å². The summed E-state index contributed by atoms with van der Waals surface area (Å²) in [7, 11) is 1.49. The molecule has 0 bridgehead atoms. The Balaban J connectivity index is 2.90. The SMILES string of the molecule is C#CC(O)c1cnc(Cl)c(OCOC)c1. The quantitative estimate of drug-likeness (QED) is 0.480. The summed E-state index contributed by atoms with van der Waals surface area (Å²) in [5, 5.41) is 9.56. The number of ether oxygens (including phenoxy) is 2. The van der Waals surface area contributed by atoms with E-state index >= 15 is 0 Å². The minimum atomic E-state index is -1.01. The Hall–Kier alpha value is -1.28. The van der Waals surface area contributed by atoms with E-state index < -0.39 is 6.10 Å². The Morgan fingerprint density at radius 3 is 3.07 bits per heavy atom. The summed E-state index contributed by atoms with van der Waals surface area (Å²) < 4.78 is 9.84. The average molecular weight is 228 g/mol. The fourth-order valence-corrected chi connectivity index (χ4v) is 1.07. The van der Waals surface area contributed by atoms with E-state index in [9.17, 15) is 5.11 Å². The van der Waals surface area contributed by atoms with Crippen LogP contribution in [0.5, 0.6) is 5.75 Å². The molecule has 0 spiro atoms. The zero-order valence-corrected chi connectivity index (χ0v) is 8.86. The number of halogens is 1. The highest BCUT2D eigenvalue weighted by molar-refractivity contribution is 6.30. The molecule has 1 rings (SSSR count). The molecule has 0 saturated heterocycles. The highest BCUT2D eigenvalue weighted by Crippen LogP contribution is 2.25. The average Bonchev–Trinajstić information content (AvgIpc) is 2.27. The summed E-state index contributed by atoms with van der Waals surface area (Å²) in [6, 6.07) is 1.53. The lowest BCUT2D eigenvalue weighted by molar-refractivity contribution is 0.0507. The fourth-order valence-electron chi connectivity index (χ4n) is 0.912. The van der Waals surface area contributed by atoms with Gasteiger partial charge in [-0.15, -0.1) is 6.42 Å². The molecule has 1 aromatic heterocycles. The van der Waals surface area contributed by atoms with E-state index in [1.165, 1.54) is 19.4 Å². The lowest BCUT2D eigenvalue weighted by atomic mass is 10.2. The Kier molecular flexibility index (Phi) is 4.37. The molecule has 1 heterocycles. The summed E-state index contributed by atoms with van der Waals surface area (Å²) in [5.41, 5.74) is 0.452. The number of aromatic nitrogens is 1. The van der Waals surface area contributed by atoms with E-state index in [1.54, 1.807) is 0 Å². The van der Waals surface area contributed by atoms with Crippen LogP contribution in [0.3, 0.4) is 0 Å². The largest absolute Gasteiger partial charge is 0.464 e. The number of aliphatic hydroxyl groups excluding tert-OH is 1. The normalized spacial score (nSPS) is 11.9. The van der Waals surface area contributed by atoms with Gasteiger partial charge in [0.1, 0.15) is 6.10 Å². The number of methoxy groups -OCH3 is 1. The Bertz CT molecular complexity index is 375. The van der Waals surface area contributed by atoms with Crippen molar-refractivity contribution in [2.24, 2.45) is 0 Å². The van der Waals surface area contributed by atoms with Gasteiger partial charge in [0, 0.05) is 18.9 Å². The lowest BCUT2D eigenvalue weighted by Crippen LogP contribution is -2.02. The van der Waals surface area contributed by atoms with Gasteiger partial charge in [-0.2, -0.15) is 0 Å². The van der Waals surface area contributed by atoms with Crippen molar-refractivity contribution in [3.63, 3.8) is 0 Å². The Morgan fingerprint density at radius 1 is 1.73 bits per heavy atom. The molecular weight excluding hydrogens is 218 g/mol. The third-order valence-corrected chi connectivity index (χ3v) is 1.92. The first kappa shape index (κ1) is 11.8. The van der Waals surface area contributed by atoms with Gasteiger partial charge >= 0.3 is 0 Å². The molecule has 1 atom stereocenters. The number of terminal acetylenes is 1. The first-order valence-corrected chi connectivity index (χ1v) is 4.48. The third kappa shape index (κ3) is 3.10. The van der Waals surface area contributed by atoms with Crippen molar-refractivity contribution in [2.45, 2.75) is 6.10 Å². The van der Waals surface area contributed by atoms with Crippen LogP contribution in [-0.4, -0.2) is 24.0 Å². The van der Waals surface area contributed by atoms with E-state index in [-0.39, 0.29) is 11.9 Å². The van der Waals surface area contributed by atoms with Crippen LogP contribution < -0.4 is 4.74 Å². The topological polar surface area (TPSA) is 51.6 Å². The van der Waals surface area contributed by atoms with Gasteiger partial charge in [0.2, 0.25) is 0 Å². The molecule has 5 heteroatoms. The van der Waals surface area contributed by atoms with Gasteiger partial charge in [-0.3, -0.25) is 0 Å². The highest BCUT2D eigenvalue weighted by Gasteiger charge is 2.09. The molecule has 0 aliphatic carbocycles. The summed E-state index contributed by atoms with van der Waals surface area (Å²) in [4.78, 5) is 3.83. The van der Waals surface area contributed by atoms with Crippen molar-refractivity contribution in [3.8, 4) is 18.1 Å². The van der Waals surface area contributed by atoms with Gasteiger partial charge in [0.15, 0.2) is 17.7 Å². The Morgan fingerprint density at radius 2 is 2.47 bits per heavy atom. The molecule has 15 heavy (non-hydrogen) atoms. The maximum Gasteiger partial charge on any atom is 0.188 e. The van der Waals surface area contributed by atoms with Crippen LogP contribution in [0.4, 0.5) is 0 Å². The molecule has 0 radical (unpaired) electrons. The van der Waals surface area contributed by atoms with Gasteiger partial charge in [-0.05, 0) is 6.07 Å². The van der Waals surface area contributed by atoms with Crippen LogP contribution in [0.1, 0.15) is 11.7 Å². The van der Waals surface area contributed by atoms with E-state index in [2.05, 4.69) is 10.9 Å². The zero-order chi connectivity index (χ0) is 11.3. The fraction of sp³-hybridized carbons (Fsp3) is 0.300. The molecule has 1 N–H and O–H groups in total. The van der Waals surface area contributed by atoms with Crippen LogP contribution in [0.15, 0.2) is 12.3 Å². The maximum absolute atomic E-state index is 9.36. The first-order chi connectivity index (χ1) is 7.19. The van der Waals surface area contributed by atoms with Crippen molar-refractivity contribution < 1.29 is 14.6 Å². The lowest BCUT2D eigenvalue weighted by Gasteiger charge is -2.09. The Labute approximate surface area is 92.8 Å². The van der Waals surface area contributed by atoms with E-state index in [4.69, 9.17) is 27.5 Å². The summed E-state index contributed by atoms with van der Waals surface area (Å²) in [6.45, 7) is 0.0526. The molecule has 1 aromatic rings. The van der Waals surface area contributed by atoms with Gasteiger partial charge < -0.3 is 14.6 Å². The van der Waals surface area contributed by atoms with Crippen LogP contribution in [-0.2, 0) is 4.74 Å². The predicted octanol–water partition coefficient (Wildman–Crippen LogP) is 1.38. The number of pyridine rings is 1. The smallest absolute Gasteiger partial charge is 0.188 e. The predicted molar refractivity (Wildman–Crippen MR) is 55.5 cm³/mol. The van der Waals surface area contributed by atoms with Gasteiger partial charge in [0.25, 0.3) is 0 Å². The van der Waals surface area contributed by atoms with Gasteiger partial charge in [-0.1, -0.05) is 17.5 Å². The van der Waals surface area contributed by atoms with Crippen molar-refractivity contribution in [3.05, 3.63) is 23.0 Å². The molecule has 4 nitrogen and oxygen atoms in total. The standard InChI is InChI=1S/C10H10ClNO3/c1-3-8(13)7-4-9(15-6-14-2)10(11)12-5-7/h1,4-5,8,13H,6H2,2H3. The monoisotopic (exact) mass is 227 g/mol. The number of hydrogen-bond acceptors (Lipinski definition) is 4. The van der Waals surface area contributed by atoms with Crippen molar-refractivity contribution in [2.75, 3.05) is 13.9 Å². The highest BCUT2D eigenvalue weighted by atomic mass is 35.5. The molecular formula is C10H10ClNO3. The minimum absolute atomic E-state index is 0.0526. The maximum atomic E-state index is 9.36. The number of nitrogens with zero attached hydrogens (tertiary/aromatic N) is 1. The van der Waals surface area contributed by atoms with E-state index in [0.717, 1.165) is 0 Å². The number of rotatable bonds is 4. The van der Waals surface area contributed by atoms with Gasteiger partial charge in [-0.25, -0.2) is 4.98 Å². The molecule has 0 saturated carbocycles. The minimum Gasteiger partial charge on any atom is -0.464 e.